The average molecular weight is 257 g/mol. The van der Waals surface area contributed by atoms with Gasteiger partial charge in [-0.15, -0.1) is 0 Å². The summed E-state index contributed by atoms with van der Waals surface area (Å²) in [6, 6.07) is 10.1. The van der Waals surface area contributed by atoms with Gasteiger partial charge in [0, 0.05) is 11.8 Å². The van der Waals surface area contributed by atoms with Crippen molar-refractivity contribution in [1.82, 2.24) is 9.78 Å². The topological polar surface area (TPSA) is 53.1 Å². The zero-order chi connectivity index (χ0) is 13.1. The molecule has 0 spiro atoms. The fourth-order valence-corrected chi connectivity index (χ4v) is 2.37. The minimum absolute atomic E-state index is 0.383. The maximum atomic E-state index is 5.84. The van der Waals surface area contributed by atoms with Gasteiger partial charge in [-0.25, -0.2) is 4.68 Å². The van der Waals surface area contributed by atoms with E-state index in [1.165, 1.54) is 0 Å². The van der Waals surface area contributed by atoms with Crippen LogP contribution in [0, 0.1) is 5.92 Å². The third kappa shape index (κ3) is 2.85. The molecule has 4 heteroatoms. The highest BCUT2D eigenvalue weighted by Gasteiger charge is 2.28. The summed E-state index contributed by atoms with van der Waals surface area (Å²) < 4.78 is 7.71. The average Bonchev–Trinajstić information content (AvgIpc) is 2.87. The molecule has 0 saturated heterocycles. The van der Waals surface area contributed by atoms with E-state index in [-0.39, 0.29) is 0 Å². The molecular weight excluding hydrogens is 238 g/mol. The van der Waals surface area contributed by atoms with Gasteiger partial charge in [0.05, 0.1) is 24.6 Å². The summed E-state index contributed by atoms with van der Waals surface area (Å²) in [7, 11) is 0. The minimum atomic E-state index is 0.383. The van der Waals surface area contributed by atoms with Gasteiger partial charge in [0.25, 0.3) is 0 Å². The molecule has 1 aromatic carbocycles. The first kappa shape index (κ1) is 12.4. The summed E-state index contributed by atoms with van der Waals surface area (Å²) >= 11 is 0. The maximum absolute atomic E-state index is 5.84. The van der Waals surface area contributed by atoms with E-state index in [1.54, 1.807) is 0 Å². The van der Waals surface area contributed by atoms with Crippen molar-refractivity contribution >= 4 is 0 Å². The van der Waals surface area contributed by atoms with E-state index in [0.29, 0.717) is 18.6 Å². The molecule has 0 aliphatic heterocycles. The Morgan fingerprint density at radius 2 is 2.05 bits per heavy atom. The van der Waals surface area contributed by atoms with E-state index in [4.69, 9.17) is 10.5 Å². The number of rotatable bonds is 5. The normalized spacial score (nSPS) is 22.2. The number of benzene rings is 1. The zero-order valence-electron chi connectivity index (χ0n) is 10.9. The maximum Gasteiger partial charge on any atom is 0.0751 e. The molecule has 100 valence electrons. The first-order valence-corrected chi connectivity index (χ1v) is 6.76. The summed E-state index contributed by atoms with van der Waals surface area (Å²) in [6.07, 6.45) is 6.47. The Balaban J connectivity index is 1.54. The highest BCUT2D eigenvalue weighted by molar-refractivity contribution is 5.30. The number of ether oxygens (including phenoxy) is 1. The second-order valence-electron chi connectivity index (χ2n) is 5.13. The van der Waals surface area contributed by atoms with E-state index in [9.17, 15) is 0 Å². The first-order chi connectivity index (χ1) is 9.35. The van der Waals surface area contributed by atoms with Crippen LogP contribution in [0.2, 0.25) is 0 Å². The van der Waals surface area contributed by atoms with Crippen LogP contribution in [0.25, 0.3) is 5.69 Å². The van der Waals surface area contributed by atoms with Crippen molar-refractivity contribution < 1.29 is 4.74 Å². The number of aromatic nitrogens is 2. The van der Waals surface area contributed by atoms with Crippen molar-refractivity contribution in [3.63, 3.8) is 0 Å². The SMILES string of the molecule is NCC1CC(OCc2cnn(-c3ccccc3)c2)C1. The largest absolute Gasteiger partial charge is 0.373 e. The monoisotopic (exact) mass is 257 g/mol. The van der Waals surface area contributed by atoms with Crippen LogP contribution in [0.4, 0.5) is 0 Å². The number of hydrogen-bond donors (Lipinski definition) is 1. The van der Waals surface area contributed by atoms with Crippen LogP contribution in [-0.2, 0) is 11.3 Å². The quantitative estimate of drug-likeness (QED) is 0.892. The van der Waals surface area contributed by atoms with E-state index in [1.807, 2.05) is 47.4 Å². The molecule has 2 N–H and O–H groups in total. The van der Waals surface area contributed by atoms with Crippen LogP contribution >= 0.6 is 0 Å². The van der Waals surface area contributed by atoms with Gasteiger partial charge in [-0.05, 0) is 37.4 Å². The van der Waals surface area contributed by atoms with Gasteiger partial charge >= 0.3 is 0 Å². The summed E-state index contributed by atoms with van der Waals surface area (Å²) in [5.41, 5.74) is 7.78. The van der Waals surface area contributed by atoms with Crippen molar-refractivity contribution in [2.45, 2.75) is 25.6 Å². The molecule has 1 fully saturated rings. The van der Waals surface area contributed by atoms with Gasteiger partial charge in [0.2, 0.25) is 0 Å². The van der Waals surface area contributed by atoms with Crippen molar-refractivity contribution in [1.29, 1.82) is 0 Å². The lowest BCUT2D eigenvalue weighted by Crippen LogP contribution is -2.35. The highest BCUT2D eigenvalue weighted by Crippen LogP contribution is 2.29. The van der Waals surface area contributed by atoms with Gasteiger partial charge in [-0.2, -0.15) is 5.10 Å². The van der Waals surface area contributed by atoms with E-state index < -0.39 is 0 Å². The number of nitrogens with two attached hydrogens (primary N) is 1. The number of hydrogen-bond acceptors (Lipinski definition) is 3. The fraction of sp³-hybridized carbons (Fsp3) is 0.400. The highest BCUT2D eigenvalue weighted by atomic mass is 16.5. The van der Waals surface area contributed by atoms with Crippen molar-refractivity contribution in [2.24, 2.45) is 11.7 Å². The van der Waals surface area contributed by atoms with Gasteiger partial charge in [0.15, 0.2) is 0 Å². The molecule has 0 radical (unpaired) electrons. The Morgan fingerprint density at radius 3 is 2.79 bits per heavy atom. The second kappa shape index (κ2) is 5.55. The Bertz CT molecular complexity index is 517. The molecule has 3 rings (SSSR count). The van der Waals surface area contributed by atoms with Crippen molar-refractivity contribution in [3.8, 4) is 5.69 Å². The van der Waals surface area contributed by atoms with E-state index in [2.05, 4.69) is 5.10 Å². The van der Waals surface area contributed by atoms with Crippen LogP contribution in [0.15, 0.2) is 42.7 Å². The fourth-order valence-electron chi connectivity index (χ4n) is 2.37. The standard InChI is InChI=1S/C15H19N3O/c16-8-12-6-15(7-12)19-11-13-9-17-18(10-13)14-4-2-1-3-5-14/h1-5,9-10,12,15H,6-8,11,16H2. The van der Waals surface area contributed by atoms with Gasteiger partial charge in [-0.3, -0.25) is 0 Å². The lowest BCUT2D eigenvalue weighted by molar-refractivity contribution is -0.0376. The molecule has 19 heavy (non-hydrogen) atoms. The van der Waals surface area contributed by atoms with Gasteiger partial charge in [-0.1, -0.05) is 18.2 Å². The van der Waals surface area contributed by atoms with E-state index in [0.717, 1.165) is 30.6 Å². The summed E-state index contributed by atoms with van der Waals surface area (Å²) in [5.74, 6) is 0.664. The molecule has 0 amide bonds. The van der Waals surface area contributed by atoms with Crippen LogP contribution in [0.3, 0.4) is 0 Å². The Kier molecular flexibility index (Phi) is 3.62. The molecule has 1 aromatic heterocycles. The molecular formula is C15H19N3O. The summed E-state index contributed by atoms with van der Waals surface area (Å²) in [4.78, 5) is 0. The smallest absolute Gasteiger partial charge is 0.0751 e. The molecule has 4 nitrogen and oxygen atoms in total. The third-order valence-electron chi connectivity index (χ3n) is 3.67. The van der Waals surface area contributed by atoms with Crippen LogP contribution in [0.1, 0.15) is 18.4 Å². The Hall–Kier alpha value is -1.65. The molecule has 1 heterocycles. The predicted octanol–water partition coefficient (Wildman–Crippen LogP) is 2.13. The minimum Gasteiger partial charge on any atom is -0.373 e. The molecule has 1 aliphatic carbocycles. The van der Waals surface area contributed by atoms with Crippen molar-refractivity contribution in [2.75, 3.05) is 6.54 Å². The Labute approximate surface area is 113 Å². The molecule has 2 aromatic rings. The van der Waals surface area contributed by atoms with Crippen LogP contribution < -0.4 is 5.73 Å². The second-order valence-corrected chi connectivity index (χ2v) is 5.13. The van der Waals surface area contributed by atoms with Gasteiger partial charge in [0.1, 0.15) is 0 Å². The molecule has 0 atom stereocenters. The molecule has 1 aliphatic rings. The number of para-hydroxylation sites is 1. The van der Waals surface area contributed by atoms with E-state index >= 15 is 0 Å². The van der Waals surface area contributed by atoms with Crippen LogP contribution in [0.5, 0.6) is 0 Å². The molecule has 1 saturated carbocycles. The van der Waals surface area contributed by atoms with Crippen molar-refractivity contribution in [3.05, 3.63) is 48.3 Å². The first-order valence-electron chi connectivity index (χ1n) is 6.76. The lowest BCUT2D eigenvalue weighted by Gasteiger charge is -2.34. The predicted molar refractivity (Wildman–Crippen MR) is 73.9 cm³/mol. The summed E-state index contributed by atoms with van der Waals surface area (Å²) in [5, 5.41) is 4.36. The Morgan fingerprint density at radius 1 is 1.26 bits per heavy atom. The summed E-state index contributed by atoms with van der Waals surface area (Å²) in [6.45, 7) is 1.42. The number of nitrogens with zero attached hydrogens (tertiary/aromatic N) is 2. The molecule has 0 unspecified atom stereocenters. The van der Waals surface area contributed by atoms with Crippen LogP contribution in [-0.4, -0.2) is 22.4 Å². The molecule has 0 bridgehead atoms. The third-order valence-corrected chi connectivity index (χ3v) is 3.67. The lowest BCUT2D eigenvalue weighted by atomic mass is 9.82. The zero-order valence-corrected chi connectivity index (χ0v) is 10.9. The van der Waals surface area contributed by atoms with Gasteiger partial charge < -0.3 is 10.5 Å².